The highest BCUT2D eigenvalue weighted by Gasteiger charge is 2.26. The minimum atomic E-state index is -0.320. The number of rotatable bonds is 6. The van der Waals surface area contributed by atoms with Crippen molar-refractivity contribution in [1.29, 1.82) is 0 Å². The summed E-state index contributed by atoms with van der Waals surface area (Å²) in [6.07, 6.45) is 0. The van der Waals surface area contributed by atoms with Crippen LogP contribution >= 0.6 is 22.9 Å². The van der Waals surface area contributed by atoms with Crippen LogP contribution in [0, 0.1) is 5.92 Å². The molecule has 0 aliphatic carbocycles. The highest BCUT2D eigenvalue weighted by atomic mass is 35.5. The average molecular weight is 386 g/mol. The van der Waals surface area contributed by atoms with Crippen molar-refractivity contribution in [3.63, 3.8) is 0 Å². The molecule has 26 heavy (non-hydrogen) atoms. The van der Waals surface area contributed by atoms with Gasteiger partial charge in [0.25, 0.3) is 0 Å². The van der Waals surface area contributed by atoms with Gasteiger partial charge in [0.15, 0.2) is 0 Å². The van der Waals surface area contributed by atoms with E-state index in [-0.39, 0.29) is 24.4 Å². The number of carbonyl (C=O) groups excluding carboxylic acids is 1. The normalized spacial score (nSPS) is 12.2. The summed E-state index contributed by atoms with van der Waals surface area (Å²) in [5, 5.41) is 3.51. The number of esters is 1. The second-order valence-corrected chi connectivity index (χ2v) is 7.69. The van der Waals surface area contributed by atoms with Crippen LogP contribution in [0.2, 0.25) is 5.02 Å². The number of nitrogens with zero attached hydrogens (tertiary/aromatic N) is 1. The molecule has 0 bridgehead atoms. The highest BCUT2D eigenvalue weighted by Crippen LogP contribution is 2.28. The predicted molar refractivity (Wildman–Crippen MR) is 106 cm³/mol. The summed E-state index contributed by atoms with van der Waals surface area (Å²) < 4.78 is 5.56. The Labute approximate surface area is 162 Å². The zero-order valence-corrected chi connectivity index (χ0v) is 16.3. The molecule has 0 unspecified atom stereocenters. The van der Waals surface area contributed by atoms with E-state index in [2.05, 4.69) is 4.98 Å². The third-order valence-corrected chi connectivity index (χ3v) is 5.28. The summed E-state index contributed by atoms with van der Waals surface area (Å²) in [5.41, 5.74) is 2.75. The monoisotopic (exact) mass is 385 g/mol. The van der Waals surface area contributed by atoms with Crippen LogP contribution in [0.5, 0.6) is 0 Å². The van der Waals surface area contributed by atoms with E-state index in [1.807, 2.05) is 61.7 Å². The number of thiazole rings is 1. The van der Waals surface area contributed by atoms with Gasteiger partial charge in [-0.15, -0.1) is 11.3 Å². The van der Waals surface area contributed by atoms with E-state index in [1.165, 1.54) is 0 Å². The molecule has 3 nitrogen and oxygen atoms in total. The molecule has 1 heterocycles. The Balaban J connectivity index is 1.67. The van der Waals surface area contributed by atoms with Crippen molar-refractivity contribution in [2.45, 2.75) is 26.4 Å². The van der Waals surface area contributed by atoms with E-state index in [1.54, 1.807) is 23.5 Å². The van der Waals surface area contributed by atoms with Crippen LogP contribution in [-0.2, 0) is 16.1 Å². The van der Waals surface area contributed by atoms with Gasteiger partial charge >= 0.3 is 5.97 Å². The molecular weight excluding hydrogens is 366 g/mol. The standard InChI is InChI=1S/C21H20ClNO2S/c1-14(2)19(15-8-10-17(22)11-9-15)21(24)25-12-18-13-26-20(23-18)16-6-4-3-5-7-16/h3-11,13-14,19H,12H2,1-2H3/t19-/m0/s1. The minimum Gasteiger partial charge on any atom is -0.459 e. The minimum absolute atomic E-state index is 0.124. The van der Waals surface area contributed by atoms with Gasteiger partial charge in [0.2, 0.25) is 0 Å². The molecule has 0 radical (unpaired) electrons. The number of hydrogen-bond donors (Lipinski definition) is 0. The van der Waals surface area contributed by atoms with Crippen molar-refractivity contribution >= 4 is 28.9 Å². The second kappa shape index (κ2) is 8.47. The summed E-state index contributed by atoms with van der Waals surface area (Å²) in [6, 6.07) is 17.3. The molecule has 0 aliphatic heterocycles. The van der Waals surface area contributed by atoms with E-state index in [0.717, 1.165) is 21.8 Å². The first-order valence-corrected chi connectivity index (χ1v) is 9.72. The first-order chi connectivity index (χ1) is 12.5. The summed E-state index contributed by atoms with van der Waals surface area (Å²) in [6.45, 7) is 4.20. The van der Waals surface area contributed by atoms with Crippen LogP contribution in [0.15, 0.2) is 60.0 Å². The Bertz CT molecular complexity index is 859. The van der Waals surface area contributed by atoms with Gasteiger partial charge in [-0.1, -0.05) is 67.9 Å². The summed E-state index contributed by atoms with van der Waals surface area (Å²) in [4.78, 5) is 17.2. The van der Waals surface area contributed by atoms with Gasteiger partial charge < -0.3 is 4.74 Å². The van der Waals surface area contributed by atoms with E-state index in [4.69, 9.17) is 16.3 Å². The fraction of sp³-hybridized carbons (Fsp3) is 0.238. The number of halogens is 1. The molecule has 0 aliphatic rings. The summed E-state index contributed by atoms with van der Waals surface area (Å²) >= 11 is 7.50. The molecule has 1 aromatic heterocycles. The third kappa shape index (κ3) is 4.51. The number of carbonyl (C=O) groups is 1. The van der Waals surface area contributed by atoms with Crippen LogP contribution in [0.3, 0.4) is 0 Å². The fourth-order valence-corrected chi connectivity index (χ4v) is 3.72. The Morgan fingerprint density at radius 3 is 2.46 bits per heavy atom. The van der Waals surface area contributed by atoms with E-state index < -0.39 is 0 Å². The predicted octanol–water partition coefficient (Wildman–Crippen LogP) is 5.95. The van der Waals surface area contributed by atoms with Gasteiger partial charge in [0.05, 0.1) is 11.6 Å². The number of ether oxygens (including phenoxy) is 1. The van der Waals surface area contributed by atoms with Gasteiger partial charge in [-0.25, -0.2) is 4.98 Å². The molecule has 0 fully saturated rings. The topological polar surface area (TPSA) is 39.2 Å². The van der Waals surface area contributed by atoms with Crippen LogP contribution in [-0.4, -0.2) is 11.0 Å². The number of aromatic nitrogens is 1. The van der Waals surface area contributed by atoms with Gasteiger partial charge in [0, 0.05) is 16.0 Å². The Hall–Kier alpha value is -2.17. The Kier molecular flexibility index (Phi) is 6.07. The lowest BCUT2D eigenvalue weighted by Gasteiger charge is -2.19. The Morgan fingerprint density at radius 2 is 1.81 bits per heavy atom. The van der Waals surface area contributed by atoms with E-state index >= 15 is 0 Å². The van der Waals surface area contributed by atoms with Crippen molar-refractivity contribution in [3.05, 3.63) is 76.3 Å². The summed E-state index contributed by atoms with van der Waals surface area (Å²) in [7, 11) is 0. The SMILES string of the molecule is CC(C)[C@H](C(=O)OCc1csc(-c2ccccc2)n1)c1ccc(Cl)cc1. The van der Waals surface area contributed by atoms with Gasteiger partial charge in [-0.05, 0) is 23.6 Å². The van der Waals surface area contributed by atoms with Crippen LogP contribution in [0.25, 0.3) is 10.6 Å². The average Bonchev–Trinajstić information content (AvgIpc) is 3.11. The van der Waals surface area contributed by atoms with Crippen molar-refractivity contribution in [2.75, 3.05) is 0 Å². The van der Waals surface area contributed by atoms with Crippen molar-refractivity contribution in [1.82, 2.24) is 4.98 Å². The zero-order valence-electron chi connectivity index (χ0n) is 14.7. The smallest absolute Gasteiger partial charge is 0.314 e. The van der Waals surface area contributed by atoms with E-state index in [9.17, 15) is 4.79 Å². The molecule has 0 saturated carbocycles. The van der Waals surface area contributed by atoms with Crippen LogP contribution in [0.1, 0.15) is 31.0 Å². The lowest BCUT2D eigenvalue weighted by Crippen LogP contribution is -2.20. The second-order valence-electron chi connectivity index (χ2n) is 6.39. The summed E-state index contributed by atoms with van der Waals surface area (Å²) in [5.74, 6) is -0.435. The van der Waals surface area contributed by atoms with Crippen molar-refractivity contribution in [2.24, 2.45) is 5.92 Å². The van der Waals surface area contributed by atoms with Crippen molar-refractivity contribution < 1.29 is 9.53 Å². The molecule has 0 amide bonds. The fourth-order valence-electron chi connectivity index (χ4n) is 2.78. The number of benzene rings is 2. The first-order valence-electron chi connectivity index (χ1n) is 8.46. The lowest BCUT2D eigenvalue weighted by atomic mass is 9.88. The lowest BCUT2D eigenvalue weighted by molar-refractivity contribution is -0.148. The van der Waals surface area contributed by atoms with Gasteiger partial charge in [-0.2, -0.15) is 0 Å². The molecule has 0 saturated heterocycles. The third-order valence-electron chi connectivity index (χ3n) is 4.08. The maximum absolute atomic E-state index is 12.6. The molecule has 0 N–H and O–H groups in total. The van der Waals surface area contributed by atoms with Gasteiger partial charge in [-0.3, -0.25) is 4.79 Å². The van der Waals surface area contributed by atoms with Crippen LogP contribution in [0.4, 0.5) is 0 Å². The quantitative estimate of drug-likeness (QED) is 0.492. The molecule has 5 heteroatoms. The first kappa shape index (κ1) is 18.6. The molecule has 134 valence electrons. The molecular formula is C21H20ClNO2S. The highest BCUT2D eigenvalue weighted by molar-refractivity contribution is 7.13. The Morgan fingerprint density at radius 1 is 1.12 bits per heavy atom. The van der Waals surface area contributed by atoms with Crippen molar-refractivity contribution in [3.8, 4) is 10.6 Å². The maximum atomic E-state index is 12.6. The van der Waals surface area contributed by atoms with Gasteiger partial charge in [0.1, 0.15) is 11.6 Å². The maximum Gasteiger partial charge on any atom is 0.314 e. The molecule has 3 aromatic rings. The molecule has 3 rings (SSSR count). The van der Waals surface area contributed by atoms with Crippen LogP contribution < -0.4 is 0 Å². The molecule has 2 aromatic carbocycles. The zero-order chi connectivity index (χ0) is 18.5. The molecule has 0 spiro atoms. The molecule has 1 atom stereocenters. The van der Waals surface area contributed by atoms with E-state index in [0.29, 0.717) is 5.02 Å². The largest absolute Gasteiger partial charge is 0.459 e. The number of hydrogen-bond acceptors (Lipinski definition) is 4.